The Labute approximate surface area is 110 Å². The molecule has 0 radical (unpaired) electrons. The van der Waals surface area contributed by atoms with E-state index in [2.05, 4.69) is 13.8 Å². The molecule has 1 saturated heterocycles. The fraction of sp³-hybridized carbons (Fsp3) is 0.938. The molecule has 0 aromatic heterocycles. The van der Waals surface area contributed by atoms with Gasteiger partial charge in [0.2, 0.25) is 0 Å². The number of ether oxygens (including phenoxy) is 1. The summed E-state index contributed by atoms with van der Waals surface area (Å²) >= 11 is 0. The van der Waals surface area contributed by atoms with Crippen molar-refractivity contribution in [3.05, 3.63) is 0 Å². The molecule has 2 bridgehead atoms. The van der Waals surface area contributed by atoms with E-state index in [4.69, 9.17) is 4.74 Å². The largest absolute Gasteiger partial charge is 0.465 e. The van der Waals surface area contributed by atoms with Crippen LogP contribution in [-0.2, 0) is 9.53 Å². The summed E-state index contributed by atoms with van der Waals surface area (Å²) < 4.78 is 5.17. The molecule has 2 nitrogen and oxygen atoms in total. The summed E-state index contributed by atoms with van der Waals surface area (Å²) in [4.78, 5) is 11.0. The third-order valence-electron chi connectivity index (χ3n) is 6.22. The molecule has 0 aromatic rings. The summed E-state index contributed by atoms with van der Waals surface area (Å²) in [7, 11) is 0. The van der Waals surface area contributed by atoms with Gasteiger partial charge in [0.25, 0.3) is 0 Å². The van der Waals surface area contributed by atoms with Gasteiger partial charge >= 0.3 is 5.97 Å². The van der Waals surface area contributed by atoms with Crippen molar-refractivity contribution in [1.82, 2.24) is 0 Å². The van der Waals surface area contributed by atoms with Crippen molar-refractivity contribution < 1.29 is 9.53 Å². The summed E-state index contributed by atoms with van der Waals surface area (Å²) in [6.07, 6.45) is 7.33. The minimum absolute atomic E-state index is 0.00798. The summed E-state index contributed by atoms with van der Waals surface area (Å²) in [5, 5.41) is 0. The number of hydrogen-bond acceptors (Lipinski definition) is 2. The molecule has 1 heterocycles. The van der Waals surface area contributed by atoms with Gasteiger partial charge in [-0.3, -0.25) is 4.79 Å². The molecule has 1 aliphatic heterocycles. The monoisotopic (exact) mass is 250 g/mol. The van der Waals surface area contributed by atoms with Crippen molar-refractivity contribution in [1.29, 1.82) is 0 Å². The normalized spacial score (nSPS) is 47.3. The quantitative estimate of drug-likeness (QED) is 0.715. The lowest BCUT2D eigenvalue weighted by Crippen LogP contribution is -2.26. The summed E-state index contributed by atoms with van der Waals surface area (Å²) in [6, 6.07) is 0. The van der Waals surface area contributed by atoms with E-state index in [0.29, 0.717) is 18.9 Å². The third-order valence-corrected chi connectivity index (χ3v) is 6.22. The second-order valence-corrected chi connectivity index (χ2v) is 7.04. The molecule has 0 amide bonds. The van der Waals surface area contributed by atoms with Crippen LogP contribution >= 0.6 is 0 Å². The first-order chi connectivity index (χ1) is 8.65. The van der Waals surface area contributed by atoms with Crippen LogP contribution in [0.5, 0.6) is 0 Å². The maximum atomic E-state index is 11.0. The van der Waals surface area contributed by atoms with E-state index in [1.165, 1.54) is 25.7 Å². The Morgan fingerprint density at radius 1 is 1.17 bits per heavy atom. The van der Waals surface area contributed by atoms with Gasteiger partial charge in [0, 0.05) is 6.42 Å². The molecule has 0 spiro atoms. The lowest BCUT2D eigenvalue weighted by molar-refractivity contribution is -0.149. The molecule has 6 atom stereocenters. The van der Waals surface area contributed by atoms with Crippen LogP contribution in [0.3, 0.4) is 0 Å². The van der Waals surface area contributed by atoms with Gasteiger partial charge in [-0.2, -0.15) is 0 Å². The van der Waals surface area contributed by atoms with Gasteiger partial charge < -0.3 is 4.74 Å². The van der Waals surface area contributed by atoms with E-state index in [1.807, 2.05) is 0 Å². The number of esters is 1. The maximum absolute atomic E-state index is 11.0. The van der Waals surface area contributed by atoms with Crippen LogP contribution in [0.25, 0.3) is 0 Å². The van der Waals surface area contributed by atoms with Crippen molar-refractivity contribution >= 4 is 5.97 Å². The Kier molecular flexibility index (Phi) is 3.38. The zero-order valence-corrected chi connectivity index (χ0v) is 11.7. The predicted octanol–water partition coefficient (Wildman–Crippen LogP) is 3.65. The fourth-order valence-electron chi connectivity index (χ4n) is 4.79. The highest BCUT2D eigenvalue weighted by Crippen LogP contribution is 2.56. The Balaban J connectivity index is 1.46. The number of carbonyl (C=O) groups excluding carboxylic acids is 1. The van der Waals surface area contributed by atoms with Crippen molar-refractivity contribution in [2.45, 2.75) is 52.4 Å². The molecule has 2 heteroatoms. The predicted molar refractivity (Wildman–Crippen MR) is 70.9 cm³/mol. The van der Waals surface area contributed by atoms with Crippen LogP contribution in [0.15, 0.2) is 0 Å². The van der Waals surface area contributed by atoms with Crippen LogP contribution in [0.4, 0.5) is 0 Å². The average molecular weight is 250 g/mol. The Hall–Kier alpha value is -0.530. The molecule has 18 heavy (non-hydrogen) atoms. The Morgan fingerprint density at radius 2 is 2.00 bits per heavy atom. The number of cyclic esters (lactones) is 1. The number of hydrogen-bond donors (Lipinski definition) is 0. The second-order valence-electron chi connectivity index (χ2n) is 7.04. The number of carbonyl (C=O) groups is 1. The van der Waals surface area contributed by atoms with E-state index in [9.17, 15) is 4.79 Å². The highest BCUT2D eigenvalue weighted by atomic mass is 16.5. The first kappa shape index (κ1) is 12.5. The van der Waals surface area contributed by atoms with Crippen molar-refractivity contribution in [3.63, 3.8) is 0 Å². The Bertz CT molecular complexity index is 313. The van der Waals surface area contributed by atoms with E-state index in [1.54, 1.807) is 0 Å². The molecule has 0 aromatic carbocycles. The first-order valence-electron chi connectivity index (χ1n) is 7.80. The van der Waals surface area contributed by atoms with Crippen LogP contribution in [0.2, 0.25) is 0 Å². The van der Waals surface area contributed by atoms with Crippen molar-refractivity contribution in [3.8, 4) is 0 Å². The van der Waals surface area contributed by atoms with Gasteiger partial charge in [0.15, 0.2) is 0 Å². The zero-order valence-electron chi connectivity index (χ0n) is 11.7. The van der Waals surface area contributed by atoms with Crippen LogP contribution in [0.1, 0.15) is 52.4 Å². The summed E-state index contributed by atoms with van der Waals surface area (Å²) in [5.74, 6) is 5.54. The van der Waals surface area contributed by atoms with Crippen molar-refractivity contribution in [2.75, 3.05) is 6.61 Å². The van der Waals surface area contributed by atoms with Gasteiger partial charge in [0.1, 0.15) is 0 Å². The molecule has 0 N–H and O–H groups in total. The van der Waals surface area contributed by atoms with Gasteiger partial charge in [-0.15, -0.1) is 0 Å². The molecule has 2 aliphatic carbocycles. The first-order valence-corrected chi connectivity index (χ1v) is 7.80. The average Bonchev–Trinajstić information content (AvgIpc) is 2.90. The summed E-state index contributed by atoms with van der Waals surface area (Å²) in [5.41, 5.74) is 0. The molecular formula is C16H26O2. The Morgan fingerprint density at radius 3 is 2.61 bits per heavy atom. The smallest absolute Gasteiger partial charge is 0.305 e. The molecule has 102 valence electrons. The fourth-order valence-corrected chi connectivity index (χ4v) is 4.79. The SMILES string of the molecule is CC1C2CC(CCC3CCC(=O)OC3)C(C2)C1C. The molecule has 6 unspecified atom stereocenters. The van der Waals surface area contributed by atoms with Crippen molar-refractivity contribution in [2.24, 2.45) is 35.5 Å². The zero-order chi connectivity index (χ0) is 12.7. The molecular weight excluding hydrogens is 224 g/mol. The maximum Gasteiger partial charge on any atom is 0.305 e. The lowest BCUT2D eigenvalue weighted by atomic mass is 9.73. The second kappa shape index (κ2) is 4.86. The van der Waals surface area contributed by atoms with Crippen LogP contribution < -0.4 is 0 Å². The van der Waals surface area contributed by atoms with E-state index >= 15 is 0 Å². The standard InChI is InChI=1S/C16H26O2/c1-10-11(2)15-8-14(10)7-13(15)5-3-12-4-6-16(17)18-9-12/h10-15H,3-9H2,1-2H3. The summed E-state index contributed by atoms with van der Waals surface area (Å²) in [6.45, 7) is 5.60. The van der Waals surface area contributed by atoms with E-state index < -0.39 is 0 Å². The van der Waals surface area contributed by atoms with Gasteiger partial charge in [0.05, 0.1) is 6.61 Å². The highest BCUT2D eigenvalue weighted by Gasteiger charge is 2.48. The highest BCUT2D eigenvalue weighted by molar-refractivity contribution is 5.69. The van der Waals surface area contributed by atoms with E-state index in [-0.39, 0.29) is 5.97 Å². The minimum Gasteiger partial charge on any atom is -0.465 e. The molecule has 3 aliphatic rings. The van der Waals surface area contributed by atoms with E-state index in [0.717, 1.165) is 36.0 Å². The molecule has 3 rings (SSSR count). The van der Waals surface area contributed by atoms with Crippen LogP contribution in [0, 0.1) is 35.5 Å². The lowest BCUT2D eigenvalue weighted by Gasteiger charge is -2.33. The third kappa shape index (κ3) is 2.19. The molecule has 2 saturated carbocycles. The topological polar surface area (TPSA) is 26.3 Å². The number of fused-ring (bicyclic) bond motifs is 2. The molecule has 3 fully saturated rings. The minimum atomic E-state index is 0.00798. The van der Waals surface area contributed by atoms with Crippen LogP contribution in [-0.4, -0.2) is 12.6 Å². The van der Waals surface area contributed by atoms with Gasteiger partial charge in [-0.1, -0.05) is 13.8 Å². The van der Waals surface area contributed by atoms with Gasteiger partial charge in [-0.05, 0) is 67.6 Å². The number of rotatable bonds is 3. The van der Waals surface area contributed by atoms with Gasteiger partial charge in [-0.25, -0.2) is 0 Å².